The highest BCUT2D eigenvalue weighted by Gasteiger charge is 2.36. The first-order chi connectivity index (χ1) is 7.15. The van der Waals surface area contributed by atoms with Gasteiger partial charge in [0.2, 0.25) is 0 Å². The highest BCUT2D eigenvalue weighted by atomic mass is 35.5. The van der Waals surface area contributed by atoms with Crippen LogP contribution < -0.4 is 0 Å². The predicted molar refractivity (Wildman–Crippen MR) is 55.2 cm³/mol. The molecule has 1 aromatic carbocycles. The molecule has 0 N–H and O–H groups in total. The Hall–Kier alpha value is -1.35. The molecule has 0 radical (unpaired) electrons. The summed E-state index contributed by atoms with van der Waals surface area (Å²) in [5.41, 5.74) is 1.15. The molecule has 0 aliphatic heterocycles. The molecule has 78 valence electrons. The molecule has 1 atom stereocenters. The minimum atomic E-state index is -0.536. The van der Waals surface area contributed by atoms with Crippen LogP contribution in [0, 0.1) is 0 Å². The second-order valence-electron chi connectivity index (χ2n) is 3.40. The first-order valence-electron chi connectivity index (χ1n) is 4.54. The van der Waals surface area contributed by atoms with Crippen LogP contribution in [0.15, 0.2) is 18.2 Å². The first kappa shape index (κ1) is 10.2. The predicted octanol–water partition coefficient (Wildman–Crippen LogP) is 2.18. The summed E-state index contributed by atoms with van der Waals surface area (Å²) in [4.78, 5) is 23.0. The number of ketones is 1. The fourth-order valence-corrected chi connectivity index (χ4v) is 2.18. The molecule has 0 saturated heterocycles. The lowest BCUT2D eigenvalue weighted by molar-refractivity contribution is -0.142. The summed E-state index contributed by atoms with van der Waals surface area (Å²) in [6, 6.07) is 5.07. The standard InChI is InChI=1S/C11H9ClO3/c1-15-11(14)7-5-9(13)6-3-2-4-8(12)10(6)7/h2-4,7H,5H2,1H3. The molecular weight excluding hydrogens is 216 g/mol. The Morgan fingerprint density at radius 3 is 2.93 bits per heavy atom. The zero-order valence-electron chi connectivity index (χ0n) is 8.12. The monoisotopic (exact) mass is 224 g/mol. The zero-order valence-corrected chi connectivity index (χ0v) is 8.88. The third kappa shape index (κ3) is 1.53. The Bertz CT molecular complexity index is 439. The number of carbonyl (C=O) groups excluding carboxylic acids is 2. The van der Waals surface area contributed by atoms with Crippen LogP contribution in [0.3, 0.4) is 0 Å². The summed E-state index contributed by atoms with van der Waals surface area (Å²) < 4.78 is 4.64. The number of fused-ring (bicyclic) bond motifs is 1. The van der Waals surface area contributed by atoms with Crippen molar-refractivity contribution in [3.63, 3.8) is 0 Å². The summed E-state index contributed by atoms with van der Waals surface area (Å²) >= 11 is 5.97. The van der Waals surface area contributed by atoms with E-state index in [4.69, 9.17) is 11.6 Å². The molecule has 1 unspecified atom stereocenters. The lowest BCUT2D eigenvalue weighted by Gasteiger charge is -2.09. The Morgan fingerprint density at radius 1 is 1.53 bits per heavy atom. The van der Waals surface area contributed by atoms with Gasteiger partial charge in [-0.3, -0.25) is 9.59 Å². The van der Waals surface area contributed by atoms with Gasteiger partial charge in [-0.2, -0.15) is 0 Å². The second-order valence-corrected chi connectivity index (χ2v) is 3.81. The van der Waals surface area contributed by atoms with Crippen LogP contribution in [0.25, 0.3) is 0 Å². The molecule has 1 aliphatic carbocycles. The molecule has 0 amide bonds. The number of benzene rings is 1. The number of carbonyl (C=O) groups is 2. The van der Waals surface area contributed by atoms with E-state index in [1.165, 1.54) is 7.11 Å². The van der Waals surface area contributed by atoms with E-state index in [0.717, 1.165) is 0 Å². The summed E-state index contributed by atoms with van der Waals surface area (Å²) in [7, 11) is 1.31. The lowest BCUT2D eigenvalue weighted by atomic mass is 10.0. The Kier molecular flexibility index (Phi) is 2.49. The Morgan fingerprint density at radius 2 is 2.27 bits per heavy atom. The van der Waals surface area contributed by atoms with Gasteiger partial charge in [0, 0.05) is 17.0 Å². The van der Waals surface area contributed by atoms with Crippen LogP contribution >= 0.6 is 11.6 Å². The quantitative estimate of drug-likeness (QED) is 0.687. The number of ether oxygens (including phenoxy) is 1. The SMILES string of the molecule is COC(=O)C1CC(=O)c2cccc(Cl)c21. The van der Waals surface area contributed by atoms with Crippen LogP contribution in [-0.2, 0) is 9.53 Å². The van der Waals surface area contributed by atoms with E-state index in [-0.39, 0.29) is 12.2 Å². The molecule has 1 aliphatic rings. The van der Waals surface area contributed by atoms with E-state index in [9.17, 15) is 9.59 Å². The van der Waals surface area contributed by atoms with E-state index in [0.29, 0.717) is 16.1 Å². The molecule has 0 aromatic heterocycles. The fraction of sp³-hybridized carbons (Fsp3) is 0.273. The largest absolute Gasteiger partial charge is 0.469 e. The lowest BCUT2D eigenvalue weighted by Crippen LogP contribution is -2.12. The highest BCUT2D eigenvalue weighted by molar-refractivity contribution is 6.32. The van der Waals surface area contributed by atoms with Crippen molar-refractivity contribution in [2.24, 2.45) is 0 Å². The van der Waals surface area contributed by atoms with Gasteiger partial charge in [-0.25, -0.2) is 0 Å². The van der Waals surface area contributed by atoms with Gasteiger partial charge >= 0.3 is 5.97 Å². The molecule has 0 fully saturated rings. The fourth-order valence-electron chi connectivity index (χ4n) is 1.88. The number of methoxy groups -OCH3 is 1. The smallest absolute Gasteiger partial charge is 0.313 e. The molecule has 0 spiro atoms. The minimum absolute atomic E-state index is 0.0529. The maximum atomic E-state index is 11.6. The summed E-state index contributed by atoms with van der Waals surface area (Å²) in [5, 5.41) is 0.453. The van der Waals surface area contributed by atoms with Crippen molar-refractivity contribution in [2.75, 3.05) is 7.11 Å². The average Bonchev–Trinajstić information content (AvgIpc) is 2.57. The highest BCUT2D eigenvalue weighted by Crippen LogP contribution is 2.38. The summed E-state index contributed by atoms with van der Waals surface area (Å²) in [6.07, 6.45) is 0.158. The Balaban J connectivity index is 2.53. The van der Waals surface area contributed by atoms with E-state index in [1.807, 2.05) is 0 Å². The molecule has 3 nitrogen and oxygen atoms in total. The summed E-state index contributed by atoms with van der Waals surface area (Å²) in [5.74, 6) is -0.996. The van der Waals surface area contributed by atoms with E-state index >= 15 is 0 Å². The average molecular weight is 225 g/mol. The number of Topliss-reactive ketones (excluding diaryl/α,β-unsaturated/α-hetero) is 1. The Labute approximate surface area is 92.0 Å². The first-order valence-corrected chi connectivity index (χ1v) is 4.92. The third-order valence-electron chi connectivity index (χ3n) is 2.58. The van der Waals surface area contributed by atoms with Crippen molar-refractivity contribution in [1.29, 1.82) is 0 Å². The normalized spacial score (nSPS) is 18.8. The number of esters is 1. The van der Waals surface area contributed by atoms with Gasteiger partial charge in [0.1, 0.15) is 0 Å². The van der Waals surface area contributed by atoms with Gasteiger partial charge in [-0.05, 0) is 11.6 Å². The van der Waals surface area contributed by atoms with Gasteiger partial charge in [-0.15, -0.1) is 0 Å². The van der Waals surface area contributed by atoms with Crippen LogP contribution in [0.2, 0.25) is 5.02 Å². The van der Waals surface area contributed by atoms with Crippen LogP contribution in [0.5, 0.6) is 0 Å². The maximum Gasteiger partial charge on any atom is 0.313 e. The molecule has 0 saturated carbocycles. The van der Waals surface area contributed by atoms with E-state index in [2.05, 4.69) is 4.74 Å². The van der Waals surface area contributed by atoms with Crippen LogP contribution in [0.1, 0.15) is 28.3 Å². The second kappa shape index (κ2) is 3.66. The van der Waals surface area contributed by atoms with Gasteiger partial charge in [0.25, 0.3) is 0 Å². The number of hydrogen-bond donors (Lipinski definition) is 0. The molecule has 0 heterocycles. The van der Waals surface area contributed by atoms with Crippen LogP contribution in [0.4, 0.5) is 0 Å². The minimum Gasteiger partial charge on any atom is -0.469 e. The molecular formula is C11H9ClO3. The summed E-state index contributed by atoms with van der Waals surface area (Å²) in [6.45, 7) is 0. The molecule has 2 rings (SSSR count). The number of halogens is 1. The van der Waals surface area contributed by atoms with Gasteiger partial charge in [0.05, 0.1) is 13.0 Å². The number of rotatable bonds is 1. The molecule has 1 aromatic rings. The van der Waals surface area contributed by atoms with Gasteiger partial charge in [-0.1, -0.05) is 23.7 Å². The zero-order chi connectivity index (χ0) is 11.0. The van der Waals surface area contributed by atoms with Crippen molar-refractivity contribution < 1.29 is 14.3 Å². The van der Waals surface area contributed by atoms with Crippen molar-refractivity contribution in [3.05, 3.63) is 34.3 Å². The number of hydrogen-bond acceptors (Lipinski definition) is 3. The topological polar surface area (TPSA) is 43.4 Å². The van der Waals surface area contributed by atoms with Crippen LogP contribution in [-0.4, -0.2) is 18.9 Å². The molecule has 0 bridgehead atoms. The maximum absolute atomic E-state index is 11.6. The van der Waals surface area contributed by atoms with Gasteiger partial charge < -0.3 is 4.74 Å². The molecule has 15 heavy (non-hydrogen) atoms. The third-order valence-corrected chi connectivity index (χ3v) is 2.91. The van der Waals surface area contributed by atoms with E-state index in [1.54, 1.807) is 18.2 Å². The van der Waals surface area contributed by atoms with Gasteiger partial charge in [0.15, 0.2) is 5.78 Å². The molecule has 4 heteroatoms. The van der Waals surface area contributed by atoms with Crippen molar-refractivity contribution in [2.45, 2.75) is 12.3 Å². The van der Waals surface area contributed by atoms with Crippen molar-refractivity contribution in [3.8, 4) is 0 Å². The van der Waals surface area contributed by atoms with Crippen molar-refractivity contribution in [1.82, 2.24) is 0 Å². The van der Waals surface area contributed by atoms with Crippen molar-refractivity contribution >= 4 is 23.4 Å². The van der Waals surface area contributed by atoms with E-state index < -0.39 is 11.9 Å².